The summed E-state index contributed by atoms with van der Waals surface area (Å²) in [6, 6.07) is 2.23. The number of nitrogen functional groups attached to an aromatic ring is 1. The number of hydrogen-bond acceptors (Lipinski definition) is 3. The number of rotatable bonds is 1. The average Bonchev–Trinajstić information content (AvgIpc) is 2.56. The Morgan fingerprint density at radius 1 is 1.22 bits per heavy atom. The molecule has 2 heterocycles. The lowest BCUT2D eigenvalue weighted by atomic mass is 10.3. The van der Waals surface area contributed by atoms with Crippen LogP contribution < -0.4 is 5.73 Å². The van der Waals surface area contributed by atoms with Gasteiger partial charge in [0, 0.05) is 6.20 Å². The van der Waals surface area contributed by atoms with Crippen LogP contribution in [0.25, 0.3) is 5.82 Å². The lowest BCUT2D eigenvalue weighted by Gasteiger charge is -2.07. The first-order chi connectivity index (χ1) is 8.30. The molecule has 0 aromatic carbocycles. The van der Waals surface area contributed by atoms with Gasteiger partial charge in [-0.25, -0.2) is 9.67 Å². The molecule has 7 heteroatoms. The van der Waals surface area contributed by atoms with Crippen LogP contribution in [-0.2, 0) is 6.18 Å². The van der Waals surface area contributed by atoms with E-state index in [-0.39, 0.29) is 0 Å². The molecule has 0 unspecified atom stereocenters. The van der Waals surface area contributed by atoms with E-state index < -0.39 is 11.7 Å². The molecular weight excluding hydrogens is 245 g/mol. The lowest BCUT2D eigenvalue weighted by Crippen LogP contribution is -2.08. The molecule has 0 radical (unpaired) electrons. The Hall–Kier alpha value is -2.05. The van der Waals surface area contributed by atoms with Crippen LogP contribution in [0.15, 0.2) is 18.3 Å². The Morgan fingerprint density at radius 2 is 1.89 bits per heavy atom. The maximum absolute atomic E-state index is 12.4. The maximum atomic E-state index is 12.4. The van der Waals surface area contributed by atoms with E-state index in [4.69, 9.17) is 5.73 Å². The molecule has 96 valence electrons. The number of pyridine rings is 1. The van der Waals surface area contributed by atoms with E-state index in [1.807, 2.05) is 0 Å². The fourth-order valence-corrected chi connectivity index (χ4v) is 1.56. The molecule has 18 heavy (non-hydrogen) atoms. The van der Waals surface area contributed by atoms with Crippen molar-refractivity contribution in [1.29, 1.82) is 0 Å². The SMILES string of the molecule is Cc1nn(-c2ccc(C(F)(F)F)cn2)c(C)c1N. The number of hydrogen-bond donors (Lipinski definition) is 1. The van der Waals surface area contributed by atoms with Crippen molar-refractivity contribution in [3.05, 3.63) is 35.3 Å². The van der Waals surface area contributed by atoms with Gasteiger partial charge in [-0.05, 0) is 26.0 Å². The van der Waals surface area contributed by atoms with E-state index in [0.29, 0.717) is 22.9 Å². The fourth-order valence-electron chi connectivity index (χ4n) is 1.56. The molecule has 0 aliphatic heterocycles. The number of aromatic nitrogens is 3. The summed E-state index contributed by atoms with van der Waals surface area (Å²) in [4.78, 5) is 3.76. The first-order valence-corrected chi connectivity index (χ1v) is 5.16. The van der Waals surface area contributed by atoms with Gasteiger partial charge in [0.25, 0.3) is 0 Å². The smallest absolute Gasteiger partial charge is 0.396 e. The van der Waals surface area contributed by atoms with Gasteiger partial charge >= 0.3 is 6.18 Å². The first-order valence-electron chi connectivity index (χ1n) is 5.16. The van der Waals surface area contributed by atoms with Gasteiger partial charge in [-0.1, -0.05) is 0 Å². The molecular formula is C11H11F3N4. The number of nitrogens with zero attached hydrogens (tertiary/aromatic N) is 3. The van der Waals surface area contributed by atoms with Gasteiger partial charge in [0.05, 0.1) is 22.6 Å². The summed E-state index contributed by atoms with van der Waals surface area (Å²) in [6.07, 6.45) is -3.61. The molecule has 0 saturated carbocycles. The molecule has 2 N–H and O–H groups in total. The predicted octanol–water partition coefficient (Wildman–Crippen LogP) is 2.49. The highest BCUT2D eigenvalue weighted by atomic mass is 19.4. The van der Waals surface area contributed by atoms with E-state index in [9.17, 15) is 13.2 Å². The van der Waals surface area contributed by atoms with Crippen molar-refractivity contribution in [3.63, 3.8) is 0 Å². The fraction of sp³-hybridized carbons (Fsp3) is 0.273. The van der Waals surface area contributed by atoms with Crippen LogP contribution >= 0.6 is 0 Å². The van der Waals surface area contributed by atoms with Gasteiger partial charge < -0.3 is 5.73 Å². The monoisotopic (exact) mass is 256 g/mol. The standard InChI is InChI=1S/C11H11F3N4/c1-6-10(15)7(2)18(17-6)9-4-3-8(5-16-9)11(12,13)14/h3-5H,15H2,1-2H3. The van der Waals surface area contributed by atoms with Crippen molar-refractivity contribution < 1.29 is 13.2 Å². The van der Waals surface area contributed by atoms with Crippen LogP contribution in [0.5, 0.6) is 0 Å². The Balaban J connectivity index is 2.44. The summed E-state index contributed by atoms with van der Waals surface area (Å²) in [5, 5.41) is 4.12. The Bertz CT molecular complexity index is 569. The molecule has 2 rings (SSSR count). The highest BCUT2D eigenvalue weighted by molar-refractivity contribution is 5.49. The van der Waals surface area contributed by atoms with Crippen LogP contribution in [-0.4, -0.2) is 14.8 Å². The van der Waals surface area contributed by atoms with Gasteiger partial charge in [0.1, 0.15) is 0 Å². The van der Waals surface area contributed by atoms with Crippen molar-refractivity contribution in [3.8, 4) is 5.82 Å². The molecule has 0 amide bonds. The number of alkyl halides is 3. The summed E-state index contributed by atoms with van der Waals surface area (Å²) in [5.74, 6) is 0.306. The molecule has 0 bridgehead atoms. The average molecular weight is 256 g/mol. The molecule has 2 aromatic heterocycles. The minimum absolute atomic E-state index is 0.306. The van der Waals surface area contributed by atoms with E-state index in [1.165, 1.54) is 10.7 Å². The van der Waals surface area contributed by atoms with Gasteiger partial charge in [-0.3, -0.25) is 0 Å². The molecule has 0 fully saturated rings. The highest BCUT2D eigenvalue weighted by Crippen LogP contribution is 2.29. The molecule has 4 nitrogen and oxygen atoms in total. The van der Waals surface area contributed by atoms with Crippen molar-refractivity contribution in [2.75, 3.05) is 5.73 Å². The summed E-state index contributed by atoms with van der Waals surface area (Å²) in [7, 11) is 0. The number of nitrogens with two attached hydrogens (primary N) is 1. The van der Waals surface area contributed by atoms with Crippen LogP contribution in [0.1, 0.15) is 17.0 Å². The van der Waals surface area contributed by atoms with Crippen molar-refractivity contribution in [2.45, 2.75) is 20.0 Å². The zero-order valence-corrected chi connectivity index (χ0v) is 9.78. The summed E-state index contributed by atoms with van der Waals surface area (Å²) in [5.41, 5.74) is 6.74. The summed E-state index contributed by atoms with van der Waals surface area (Å²) >= 11 is 0. The summed E-state index contributed by atoms with van der Waals surface area (Å²) < 4.78 is 38.6. The Kier molecular flexibility index (Phi) is 2.76. The van der Waals surface area contributed by atoms with Crippen LogP contribution in [0.4, 0.5) is 18.9 Å². The normalized spacial score (nSPS) is 11.8. The van der Waals surface area contributed by atoms with E-state index in [1.54, 1.807) is 13.8 Å². The minimum Gasteiger partial charge on any atom is -0.396 e. The van der Waals surface area contributed by atoms with E-state index in [0.717, 1.165) is 12.3 Å². The second kappa shape index (κ2) is 4.01. The van der Waals surface area contributed by atoms with Crippen LogP contribution in [0.3, 0.4) is 0 Å². The van der Waals surface area contributed by atoms with Crippen molar-refractivity contribution in [2.24, 2.45) is 0 Å². The zero-order chi connectivity index (χ0) is 13.5. The van der Waals surface area contributed by atoms with Gasteiger partial charge in [-0.15, -0.1) is 0 Å². The third-order valence-electron chi connectivity index (χ3n) is 2.64. The third kappa shape index (κ3) is 2.03. The Labute approximate surface area is 101 Å². The maximum Gasteiger partial charge on any atom is 0.417 e. The van der Waals surface area contributed by atoms with E-state index >= 15 is 0 Å². The zero-order valence-electron chi connectivity index (χ0n) is 9.78. The van der Waals surface area contributed by atoms with Crippen LogP contribution in [0.2, 0.25) is 0 Å². The number of halogens is 3. The lowest BCUT2D eigenvalue weighted by molar-refractivity contribution is -0.137. The van der Waals surface area contributed by atoms with Crippen LogP contribution in [0, 0.1) is 13.8 Å². The topological polar surface area (TPSA) is 56.7 Å². The predicted molar refractivity (Wildman–Crippen MR) is 60.2 cm³/mol. The largest absolute Gasteiger partial charge is 0.417 e. The molecule has 2 aromatic rings. The molecule has 0 saturated heterocycles. The molecule has 0 aliphatic rings. The van der Waals surface area contributed by atoms with Crippen molar-refractivity contribution >= 4 is 5.69 Å². The molecule has 0 atom stereocenters. The first kappa shape index (κ1) is 12.4. The van der Waals surface area contributed by atoms with Crippen molar-refractivity contribution in [1.82, 2.24) is 14.8 Å². The van der Waals surface area contributed by atoms with E-state index in [2.05, 4.69) is 10.1 Å². The third-order valence-corrected chi connectivity index (χ3v) is 2.64. The Morgan fingerprint density at radius 3 is 2.28 bits per heavy atom. The molecule has 0 spiro atoms. The minimum atomic E-state index is -4.39. The highest BCUT2D eigenvalue weighted by Gasteiger charge is 2.30. The summed E-state index contributed by atoms with van der Waals surface area (Å²) in [6.45, 7) is 3.46. The quantitative estimate of drug-likeness (QED) is 0.852. The number of anilines is 1. The number of aryl methyl sites for hydroxylation is 1. The second-order valence-electron chi connectivity index (χ2n) is 3.90. The van der Waals surface area contributed by atoms with Gasteiger partial charge in [0.2, 0.25) is 0 Å². The molecule has 0 aliphatic carbocycles. The van der Waals surface area contributed by atoms with Gasteiger partial charge in [0.15, 0.2) is 5.82 Å². The van der Waals surface area contributed by atoms with Gasteiger partial charge in [-0.2, -0.15) is 18.3 Å². The second-order valence-corrected chi connectivity index (χ2v) is 3.90.